The molecule has 1 heterocycles. The van der Waals surface area contributed by atoms with E-state index in [0.29, 0.717) is 0 Å². The molecule has 0 N–H and O–H groups in total. The van der Waals surface area contributed by atoms with Gasteiger partial charge in [0, 0.05) is 11.8 Å². The predicted octanol–water partition coefficient (Wildman–Crippen LogP) is 3.69. The third-order valence-electron chi connectivity index (χ3n) is 2.76. The molecule has 0 aliphatic heterocycles. The summed E-state index contributed by atoms with van der Waals surface area (Å²) >= 11 is 0. The molecule has 3 nitrogen and oxygen atoms in total. The highest BCUT2D eigenvalue weighted by Gasteiger charge is 2.30. The third kappa shape index (κ3) is 3.18. The van der Waals surface area contributed by atoms with Crippen molar-refractivity contribution in [3.63, 3.8) is 0 Å². The number of carbonyl (C=O) groups is 1. The van der Waals surface area contributed by atoms with Crippen LogP contribution in [0.2, 0.25) is 0 Å². The van der Waals surface area contributed by atoms with E-state index in [2.05, 4.69) is 9.72 Å². The lowest BCUT2D eigenvalue weighted by Crippen LogP contribution is -2.06. The van der Waals surface area contributed by atoms with Gasteiger partial charge in [-0.15, -0.1) is 0 Å². The number of rotatable bonds is 2. The van der Waals surface area contributed by atoms with Gasteiger partial charge in [0.25, 0.3) is 0 Å². The van der Waals surface area contributed by atoms with Gasteiger partial charge in [-0.2, -0.15) is 17.6 Å². The molecule has 1 aromatic carbocycles. The number of alkyl halides is 3. The quantitative estimate of drug-likeness (QED) is 0.482. The summed E-state index contributed by atoms with van der Waals surface area (Å²) in [4.78, 5) is 14.7. The highest BCUT2D eigenvalue weighted by atomic mass is 19.4. The molecule has 0 unspecified atom stereocenters. The van der Waals surface area contributed by atoms with Gasteiger partial charge in [0.1, 0.15) is 0 Å². The molecule has 0 spiro atoms. The molecule has 7 heteroatoms. The molecular formula is C14H9F4NO2. The molecule has 110 valence electrons. The molecule has 2 aromatic rings. The number of hydrogen-bond acceptors (Lipinski definition) is 3. The minimum Gasteiger partial charge on any atom is -0.465 e. The van der Waals surface area contributed by atoms with Crippen LogP contribution in [-0.4, -0.2) is 18.1 Å². The van der Waals surface area contributed by atoms with Crippen LogP contribution < -0.4 is 0 Å². The van der Waals surface area contributed by atoms with E-state index in [0.717, 1.165) is 37.6 Å². The molecule has 0 radical (unpaired) electrons. The van der Waals surface area contributed by atoms with Crippen LogP contribution >= 0.6 is 0 Å². The zero-order valence-electron chi connectivity index (χ0n) is 10.7. The monoisotopic (exact) mass is 299 g/mol. The largest absolute Gasteiger partial charge is 0.465 e. The van der Waals surface area contributed by atoms with Crippen LogP contribution in [-0.2, 0) is 10.9 Å². The number of methoxy groups -OCH3 is 1. The first-order valence-corrected chi connectivity index (χ1v) is 5.74. The maximum absolute atomic E-state index is 13.7. The molecule has 21 heavy (non-hydrogen) atoms. The van der Waals surface area contributed by atoms with Crippen molar-refractivity contribution < 1.29 is 27.1 Å². The second kappa shape index (κ2) is 5.51. The van der Waals surface area contributed by atoms with E-state index in [9.17, 15) is 22.4 Å². The Hall–Kier alpha value is -2.44. The number of nitrogens with zero attached hydrogens (tertiary/aromatic N) is 1. The second-order valence-electron chi connectivity index (χ2n) is 4.13. The normalized spacial score (nSPS) is 11.3. The molecule has 0 saturated carbocycles. The molecule has 0 bridgehead atoms. The zero-order chi connectivity index (χ0) is 15.6. The van der Waals surface area contributed by atoms with Gasteiger partial charge < -0.3 is 4.74 Å². The lowest BCUT2D eigenvalue weighted by molar-refractivity contribution is -0.137. The van der Waals surface area contributed by atoms with Gasteiger partial charge in [0.05, 0.1) is 18.2 Å². The van der Waals surface area contributed by atoms with Crippen molar-refractivity contribution in [1.82, 2.24) is 4.98 Å². The maximum atomic E-state index is 13.7. The number of aromatic nitrogens is 1. The first-order valence-electron chi connectivity index (χ1n) is 5.74. The maximum Gasteiger partial charge on any atom is 0.416 e. The van der Waals surface area contributed by atoms with E-state index < -0.39 is 23.7 Å². The summed E-state index contributed by atoms with van der Waals surface area (Å²) < 4.78 is 56.2. The molecule has 1 aromatic heterocycles. The van der Waals surface area contributed by atoms with Crippen molar-refractivity contribution in [3.05, 3.63) is 53.6 Å². The molecule has 0 amide bonds. The fourth-order valence-corrected chi connectivity index (χ4v) is 1.74. The van der Waals surface area contributed by atoms with Crippen molar-refractivity contribution in [2.45, 2.75) is 6.18 Å². The Bertz CT molecular complexity index is 683. The Balaban J connectivity index is 2.54. The topological polar surface area (TPSA) is 39.2 Å². The van der Waals surface area contributed by atoms with E-state index >= 15 is 0 Å². The number of pyridine rings is 1. The van der Waals surface area contributed by atoms with Crippen molar-refractivity contribution in [3.8, 4) is 11.1 Å². The summed E-state index contributed by atoms with van der Waals surface area (Å²) in [7, 11) is 1.13. The number of benzene rings is 1. The highest BCUT2D eigenvalue weighted by molar-refractivity contribution is 5.90. The molecule has 2 rings (SSSR count). The molecule has 0 saturated heterocycles. The number of halogens is 4. The van der Waals surface area contributed by atoms with Crippen LogP contribution in [0.5, 0.6) is 0 Å². The Kier molecular flexibility index (Phi) is 3.93. The number of ether oxygens (including phenoxy) is 1. The van der Waals surface area contributed by atoms with Gasteiger partial charge in [-0.25, -0.2) is 9.78 Å². The van der Waals surface area contributed by atoms with E-state index in [1.807, 2.05) is 0 Å². The average Bonchev–Trinajstić information content (AvgIpc) is 2.46. The van der Waals surface area contributed by atoms with E-state index in [1.54, 1.807) is 0 Å². The van der Waals surface area contributed by atoms with Gasteiger partial charge in [-0.05, 0) is 23.8 Å². The summed E-state index contributed by atoms with van der Waals surface area (Å²) in [5.74, 6) is -1.72. The fourth-order valence-electron chi connectivity index (χ4n) is 1.74. The Morgan fingerprint density at radius 2 is 1.95 bits per heavy atom. The van der Waals surface area contributed by atoms with Crippen LogP contribution in [0.25, 0.3) is 11.1 Å². The lowest BCUT2D eigenvalue weighted by Gasteiger charge is -2.10. The van der Waals surface area contributed by atoms with E-state index in [1.165, 1.54) is 6.07 Å². The van der Waals surface area contributed by atoms with Crippen LogP contribution in [0.4, 0.5) is 17.6 Å². The summed E-state index contributed by atoms with van der Waals surface area (Å²) in [5, 5.41) is 0. The molecule has 0 fully saturated rings. The Morgan fingerprint density at radius 3 is 2.57 bits per heavy atom. The molecular weight excluding hydrogens is 290 g/mol. The fraction of sp³-hybridized carbons (Fsp3) is 0.143. The van der Waals surface area contributed by atoms with Gasteiger partial charge in [0.2, 0.25) is 5.95 Å². The number of esters is 1. The van der Waals surface area contributed by atoms with Gasteiger partial charge >= 0.3 is 12.1 Å². The van der Waals surface area contributed by atoms with Gasteiger partial charge in [0.15, 0.2) is 0 Å². The summed E-state index contributed by atoms with van der Waals surface area (Å²) in [6.45, 7) is 0. The predicted molar refractivity (Wildman–Crippen MR) is 66.0 cm³/mol. The van der Waals surface area contributed by atoms with Gasteiger partial charge in [-0.3, -0.25) is 0 Å². The summed E-state index contributed by atoms with van der Waals surface area (Å²) in [6, 6.07) is 5.22. The highest BCUT2D eigenvalue weighted by Crippen LogP contribution is 2.32. The Labute approximate surface area is 117 Å². The SMILES string of the molecule is COC(=O)c1cnc(F)c(-c2cccc(C(F)(F)F)c2)c1. The third-order valence-corrected chi connectivity index (χ3v) is 2.76. The van der Waals surface area contributed by atoms with E-state index in [4.69, 9.17) is 0 Å². The second-order valence-corrected chi connectivity index (χ2v) is 4.13. The van der Waals surface area contributed by atoms with Crippen LogP contribution in [0.15, 0.2) is 36.5 Å². The van der Waals surface area contributed by atoms with Crippen molar-refractivity contribution >= 4 is 5.97 Å². The number of hydrogen-bond donors (Lipinski definition) is 0. The smallest absolute Gasteiger partial charge is 0.416 e. The van der Waals surface area contributed by atoms with Crippen LogP contribution in [0, 0.1) is 5.95 Å². The standard InChI is InChI=1S/C14H9F4NO2/c1-21-13(20)9-6-11(12(15)19-7-9)8-3-2-4-10(5-8)14(16,17)18/h2-7H,1H3. The average molecular weight is 299 g/mol. The minimum atomic E-state index is -4.54. The first kappa shape index (κ1) is 15.0. The lowest BCUT2D eigenvalue weighted by atomic mass is 10.0. The molecule has 0 aliphatic rings. The molecule has 0 aliphatic carbocycles. The van der Waals surface area contributed by atoms with Gasteiger partial charge in [-0.1, -0.05) is 12.1 Å². The minimum absolute atomic E-state index is 0.0272. The Morgan fingerprint density at radius 1 is 1.24 bits per heavy atom. The number of carbonyl (C=O) groups excluding carboxylic acids is 1. The van der Waals surface area contributed by atoms with E-state index in [-0.39, 0.29) is 16.7 Å². The van der Waals surface area contributed by atoms with Crippen molar-refractivity contribution in [1.29, 1.82) is 0 Å². The van der Waals surface area contributed by atoms with Crippen molar-refractivity contribution in [2.75, 3.05) is 7.11 Å². The zero-order valence-corrected chi connectivity index (χ0v) is 10.7. The molecule has 0 atom stereocenters. The van der Waals surface area contributed by atoms with Crippen LogP contribution in [0.1, 0.15) is 15.9 Å². The van der Waals surface area contributed by atoms with Crippen LogP contribution in [0.3, 0.4) is 0 Å². The summed E-state index contributed by atoms with van der Waals surface area (Å²) in [6.07, 6.45) is -3.59. The van der Waals surface area contributed by atoms with Crippen molar-refractivity contribution in [2.24, 2.45) is 0 Å². The summed E-state index contributed by atoms with van der Waals surface area (Å²) in [5.41, 5.74) is -1.20. The first-order chi connectivity index (χ1) is 9.82.